The van der Waals surface area contributed by atoms with Gasteiger partial charge in [-0.3, -0.25) is 4.99 Å². The summed E-state index contributed by atoms with van der Waals surface area (Å²) in [6, 6.07) is 9.73. The Morgan fingerprint density at radius 2 is 2.00 bits per heavy atom. The summed E-state index contributed by atoms with van der Waals surface area (Å²) in [5.74, 6) is 0.564. The maximum absolute atomic E-state index is 9.90. The number of rotatable bonds is 4. The molecule has 4 heteroatoms. The molecular formula is C17H18BrNO2. The van der Waals surface area contributed by atoms with Crippen LogP contribution >= 0.6 is 15.9 Å². The molecule has 0 aliphatic rings. The Morgan fingerprint density at radius 1 is 1.24 bits per heavy atom. The zero-order valence-electron chi connectivity index (χ0n) is 12.4. The monoisotopic (exact) mass is 347 g/mol. The molecule has 0 unspecified atom stereocenters. The predicted molar refractivity (Wildman–Crippen MR) is 90.1 cm³/mol. The van der Waals surface area contributed by atoms with Crippen molar-refractivity contribution >= 4 is 27.8 Å². The summed E-state index contributed by atoms with van der Waals surface area (Å²) in [5, 5.41) is 9.90. The molecule has 110 valence electrons. The fourth-order valence-corrected chi connectivity index (χ4v) is 2.49. The molecular weight excluding hydrogens is 330 g/mol. The Hall–Kier alpha value is -1.81. The van der Waals surface area contributed by atoms with Crippen LogP contribution in [0.1, 0.15) is 23.6 Å². The number of phenolic OH excluding ortho intramolecular Hbond substituents is 1. The molecule has 21 heavy (non-hydrogen) atoms. The van der Waals surface area contributed by atoms with Gasteiger partial charge in [0.15, 0.2) is 11.5 Å². The third-order valence-corrected chi connectivity index (χ3v) is 3.66. The average Bonchev–Trinajstić information content (AvgIpc) is 2.43. The molecule has 0 aliphatic carbocycles. The number of halogens is 1. The van der Waals surface area contributed by atoms with Gasteiger partial charge in [-0.1, -0.05) is 17.7 Å². The van der Waals surface area contributed by atoms with Crippen molar-refractivity contribution < 1.29 is 9.84 Å². The Bertz CT molecular complexity index is 681. The van der Waals surface area contributed by atoms with E-state index < -0.39 is 0 Å². The fraction of sp³-hybridized carbons (Fsp3) is 0.235. The summed E-state index contributed by atoms with van der Waals surface area (Å²) >= 11 is 3.33. The number of aromatic hydroxyl groups is 1. The van der Waals surface area contributed by atoms with Crippen molar-refractivity contribution in [3.8, 4) is 11.5 Å². The molecule has 0 aliphatic heterocycles. The van der Waals surface area contributed by atoms with Crippen molar-refractivity contribution in [2.45, 2.75) is 20.8 Å². The summed E-state index contributed by atoms with van der Waals surface area (Å²) in [6.07, 6.45) is 1.77. The smallest absolute Gasteiger partial charge is 0.172 e. The molecule has 0 heterocycles. The van der Waals surface area contributed by atoms with Crippen molar-refractivity contribution in [2.75, 3.05) is 6.61 Å². The zero-order valence-corrected chi connectivity index (χ0v) is 13.9. The summed E-state index contributed by atoms with van der Waals surface area (Å²) in [4.78, 5) is 4.51. The molecule has 0 aromatic heterocycles. The number of aliphatic imine (C=N–C) groups is 1. The van der Waals surface area contributed by atoms with Gasteiger partial charge in [-0.2, -0.15) is 0 Å². The number of phenols is 1. The van der Waals surface area contributed by atoms with Crippen LogP contribution in [0.25, 0.3) is 0 Å². The number of ether oxygens (including phenoxy) is 1. The minimum absolute atomic E-state index is 0.112. The van der Waals surface area contributed by atoms with Crippen LogP contribution in [0.4, 0.5) is 5.69 Å². The molecule has 3 nitrogen and oxygen atoms in total. The van der Waals surface area contributed by atoms with Gasteiger partial charge >= 0.3 is 0 Å². The van der Waals surface area contributed by atoms with Gasteiger partial charge in [0.2, 0.25) is 0 Å². The first-order valence-corrected chi connectivity index (χ1v) is 7.57. The quantitative estimate of drug-likeness (QED) is 0.797. The second-order valence-electron chi connectivity index (χ2n) is 4.83. The summed E-state index contributed by atoms with van der Waals surface area (Å²) in [5.41, 5.74) is 4.15. The standard InChI is InChI=1S/C17H18BrNO2/c1-4-21-16-9-13(8-14(18)17(16)20)10-19-15-6-5-11(2)7-12(15)3/h5-10,20H,4H2,1-3H3. The molecule has 0 amide bonds. The van der Waals surface area contributed by atoms with Crippen LogP contribution in [0, 0.1) is 13.8 Å². The minimum Gasteiger partial charge on any atom is -0.503 e. The van der Waals surface area contributed by atoms with Crippen molar-refractivity contribution in [1.82, 2.24) is 0 Å². The molecule has 0 spiro atoms. The van der Waals surface area contributed by atoms with Gasteiger partial charge in [-0.05, 0) is 66.0 Å². The first kappa shape index (κ1) is 15.6. The fourth-order valence-electron chi connectivity index (χ4n) is 2.03. The maximum Gasteiger partial charge on any atom is 0.172 e. The van der Waals surface area contributed by atoms with E-state index in [1.165, 1.54) is 5.56 Å². The van der Waals surface area contributed by atoms with E-state index in [0.717, 1.165) is 16.8 Å². The van der Waals surface area contributed by atoms with Crippen molar-refractivity contribution in [3.63, 3.8) is 0 Å². The highest BCUT2D eigenvalue weighted by Crippen LogP contribution is 2.35. The highest BCUT2D eigenvalue weighted by atomic mass is 79.9. The molecule has 2 aromatic rings. The number of hydrogen-bond acceptors (Lipinski definition) is 3. The van der Waals surface area contributed by atoms with Crippen molar-refractivity contribution in [1.29, 1.82) is 0 Å². The number of aryl methyl sites for hydroxylation is 2. The van der Waals surface area contributed by atoms with E-state index in [4.69, 9.17) is 4.74 Å². The molecule has 0 radical (unpaired) electrons. The molecule has 0 saturated heterocycles. The van der Waals surface area contributed by atoms with E-state index >= 15 is 0 Å². The van der Waals surface area contributed by atoms with Gasteiger partial charge in [-0.15, -0.1) is 0 Å². The van der Waals surface area contributed by atoms with Crippen LogP contribution in [0.2, 0.25) is 0 Å². The second kappa shape index (κ2) is 6.76. The second-order valence-corrected chi connectivity index (χ2v) is 5.68. The lowest BCUT2D eigenvalue weighted by molar-refractivity contribution is 0.317. The van der Waals surface area contributed by atoms with Crippen LogP contribution in [-0.4, -0.2) is 17.9 Å². The van der Waals surface area contributed by atoms with Gasteiger partial charge < -0.3 is 9.84 Å². The molecule has 2 aromatic carbocycles. The minimum atomic E-state index is 0.112. The van der Waals surface area contributed by atoms with E-state index in [1.807, 2.05) is 32.0 Å². The van der Waals surface area contributed by atoms with Crippen LogP contribution in [-0.2, 0) is 0 Å². The van der Waals surface area contributed by atoms with E-state index in [0.29, 0.717) is 16.8 Å². The largest absolute Gasteiger partial charge is 0.503 e. The Labute approximate surface area is 133 Å². The summed E-state index contributed by atoms with van der Waals surface area (Å²) < 4.78 is 6.00. The van der Waals surface area contributed by atoms with E-state index in [9.17, 15) is 5.11 Å². The Kier molecular flexibility index (Phi) is 5.02. The van der Waals surface area contributed by atoms with Crippen LogP contribution < -0.4 is 4.74 Å². The average molecular weight is 348 g/mol. The molecule has 0 saturated carbocycles. The van der Waals surface area contributed by atoms with Crippen LogP contribution in [0.15, 0.2) is 39.8 Å². The Morgan fingerprint density at radius 3 is 2.67 bits per heavy atom. The normalized spacial score (nSPS) is 11.0. The lowest BCUT2D eigenvalue weighted by atomic mass is 10.1. The summed E-state index contributed by atoms with van der Waals surface area (Å²) in [6.45, 7) is 6.48. The molecule has 2 rings (SSSR count). The first-order valence-electron chi connectivity index (χ1n) is 6.78. The van der Waals surface area contributed by atoms with Crippen molar-refractivity contribution in [2.24, 2.45) is 4.99 Å². The van der Waals surface area contributed by atoms with E-state index in [1.54, 1.807) is 12.3 Å². The van der Waals surface area contributed by atoms with Crippen LogP contribution in [0.5, 0.6) is 11.5 Å². The Balaban J connectivity index is 2.32. The highest BCUT2D eigenvalue weighted by molar-refractivity contribution is 9.10. The third kappa shape index (κ3) is 3.85. The number of nitrogens with zero attached hydrogens (tertiary/aromatic N) is 1. The third-order valence-electron chi connectivity index (χ3n) is 3.06. The topological polar surface area (TPSA) is 41.8 Å². The van der Waals surface area contributed by atoms with Gasteiger partial charge in [0, 0.05) is 6.21 Å². The van der Waals surface area contributed by atoms with Gasteiger partial charge in [-0.25, -0.2) is 0 Å². The van der Waals surface area contributed by atoms with E-state index in [2.05, 4.69) is 33.9 Å². The summed E-state index contributed by atoms with van der Waals surface area (Å²) in [7, 11) is 0. The first-order chi connectivity index (χ1) is 10.0. The highest BCUT2D eigenvalue weighted by Gasteiger charge is 2.08. The molecule has 1 N–H and O–H groups in total. The molecule has 0 fully saturated rings. The van der Waals surface area contributed by atoms with Crippen LogP contribution in [0.3, 0.4) is 0 Å². The predicted octanol–water partition coefficient (Wildman–Crippen LogP) is 4.92. The lowest BCUT2D eigenvalue weighted by Gasteiger charge is -2.08. The van der Waals surface area contributed by atoms with Gasteiger partial charge in [0.25, 0.3) is 0 Å². The van der Waals surface area contributed by atoms with Gasteiger partial charge in [0.1, 0.15) is 0 Å². The van der Waals surface area contributed by atoms with Gasteiger partial charge in [0.05, 0.1) is 16.8 Å². The number of benzene rings is 2. The molecule has 0 atom stereocenters. The zero-order chi connectivity index (χ0) is 15.4. The molecule has 0 bridgehead atoms. The lowest BCUT2D eigenvalue weighted by Crippen LogP contribution is -1.94. The van der Waals surface area contributed by atoms with Crippen molar-refractivity contribution in [3.05, 3.63) is 51.5 Å². The number of hydrogen-bond donors (Lipinski definition) is 1. The SMILES string of the molecule is CCOc1cc(C=Nc2ccc(C)cc2C)cc(Br)c1O. The van der Waals surface area contributed by atoms with E-state index in [-0.39, 0.29) is 5.75 Å². The maximum atomic E-state index is 9.90.